The van der Waals surface area contributed by atoms with Crippen LogP contribution in [0, 0.1) is 0 Å². The van der Waals surface area contributed by atoms with Crippen LogP contribution in [0.1, 0.15) is 5.56 Å². The number of carbonyl (C=O) groups is 2. The van der Waals surface area contributed by atoms with Crippen molar-refractivity contribution in [2.75, 3.05) is 44.2 Å². The summed E-state index contributed by atoms with van der Waals surface area (Å²) in [6.07, 6.45) is 1.69. The Hall–Kier alpha value is -4.11. The number of amides is 2. The Labute approximate surface area is 212 Å². The molecule has 2 heterocycles. The Morgan fingerprint density at radius 3 is 2.44 bits per heavy atom. The Morgan fingerprint density at radius 1 is 1.00 bits per heavy atom. The number of anilines is 2. The fourth-order valence-electron chi connectivity index (χ4n) is 4.82. The summed E-state index contributed by atoms with van der Waals surface area (Å²) < 4.78 is 23.0. The first-order chi connectivity index (χ1) is 17.5. The highest BCUT2D eigenvalue weighted by atomic mass is 35.5. The summed E-state index contributed by atoms with van der Waals surface area (Å²) in [7, 11) is 4.59. The van der Waals surface area contributed by atoms with Gasteiger partial charge in [0.25, 0.3) is 0 Å². The first-order valence-corrected chi connectivity index (χ1v) is 11.7. The van der Waals surface area contributed by atoms with Crippen molar-refractivity contribution >= 4 is 56.8 Å². The second-order valence-electron chi connectivity index (χ2n) is 8.09. The normalized spacial score (nSPS) is 12.5. The van der Waals surface area contributed by atoms with E-state index in [2.05, 4.69) is 5.32 Å². The average molecular weight is 510 g/mol. The van der Waals surface area contributed by atoms with Crippen molar-refractivity contribution in [3.63, 3.8) is 0 Å². The Kier molecular flexibility index (Phi) is 6.24. The third-order valence-corrected chi connectivity index (χ3v) is 6.45. The van der Waals surface area contributed by atoms with Gasteiger partial charge in [-0.25, -0.2) is 9.59 Å². The summed E-state index contributed by atoms with van der Waals surface area (Å²) in [5.74, 6) is 1.30. The van der Waals surface area contributed by atoms with E-state index in [-0.39, 0.29) is 12.1 Å². The number of aromatic nitrogens is 1. The van der Waals surface area contributed by atoms with Crippen LogP contribution in [0.2, 0.25) is 0 Å². The number of nitrogens with one attached hydrogen (secondary N) is 1. The van der Waals surface area contributed by atoms with Gasteiger partial charge in [-0.15, -0.1) is 0 Å². The van der Waals surface area contributed by atoms with Gasteiger partial charge in [-0.05, 0) is 35.6 Å². The SMILES string of the molecule is COc1cc2ccn(C(=O)N3CCc4c3cc(NC(=O)OCCl)c3ccccc43)c2c(OC)c1OC. The highest BCUT2D eigenvalue weighted by Gasteiger charge is 2.31. The van der Waals surface area contributed by atoms with Crippen molar-refractivity contribution in [2.24, 2.45) is 0 Å². The number of halogens is 1. The molecule has 36 heavy (non-hydrogen) atoms. The van der Waals surface area contributed by atoms with Crippen molar-refractivity contribution in [3.05, 3.63) is 54.2 Å². The Balaban J connectivity index is 1.63. The predicted molar refractivity (Wildman–Crippen MR) is 138 cm³/mol. The summed E-state index contributed by atoms with van der Waals surface area (Å²) in [5, 5.41) is 5.31. The molecule has 1 aliphatic heterocycles. The number of alkyl halides is 1. The van der Waals surface area contributed by atoms with E-state index >= 15 is 0 Å². The molecule has 4 aromatic rings. The van der Waals surface area contributed by atoms with Gasteiger partial charge in [0.15, 0.2) is 17.6 Å². The molecular weight excluding hydrogens is 486 g/mol. The van der Waals surface area contributed by atoms with Gasteiger partial charge in [-0.1, -0.05) is 35.9 Å². The first kappa shape index (κ1) is 23.6. The Bertz CT molecular complexity index is 1500. The molecular formula is C26H24ClN3O6. The van der Waals surface area contributed by atoms with Crippen LogP contribution in [0.4, 0.5) is 21.0 Å². The smallest absolute Gasteiger partial charge is 0.412 e. The summed E-state index contributed by atoms with van der Waals surface area (Å²) >= 11 is 5.54. The molecule has 0 spiro atoms. The quantitative estimate of drug-likeness (QED) is 0.352. The minimum Gasteiger partial charge on any atom is -0.493 e. The van der Waals surface area contributed by atoms with Crippen molar-refractivity contribution in [2.45, 2.75) is 6.42 Å². The molecule has 1 N–H and O–H groups in total. The number of ether oxygens (including phenoxy) is 4. The second kappa shape index (κ2) is 9.50. The average Bonchev–Trinajstić information content (AvgIpc) is 3.51. The molecule has 0 unspecified atom stereocenters. The molecule has 0 saturated heterocycles. The summed E-state index contributed by atoms with van der Waals surface area (Å²) in [6.45, 7) is 0.475. The molecule has 10 heteroatoms. The topological polar surface area (TPSA) is 91.3 Å². The standard InChI is InChI=1S/C26H24ClN3O6/c1-33-21-12-15-8-10-30(22(15)24(35-3)23(21)34-2)26(32)29-11-9-18-16-6-4-5-7-17(16)19(13-20(18)29)28-25(31)36-14-27/h4-8,10,12-13H,9,11,14H2,1-3H3,(H,28,31). The summed E-state index contributed by atoms with van der Waals surface area (Å²) in [4.78, 5) is 27.8. The Morgan fingerprint density at radius 2 is 1.75 bits per heavy atom. The van der Waals surface area contributed by atoms with Crippen molar-refractivity contribution in [3.8, 4) is 17.2 Å². The molecule has 3 aromatic carbocycles. The lowest BCUT2D eigenvalue weighted by Gasteiger charge is -2.21. The van der Waals surface area contributed by atoms with Gasteiger partial charge in [-0.3, -0.25) is 14.8 Å². The fourth-order valence-corrected chi connectivity index (χ4v) is 4.92. The van der Waals surface area contributed by atoms with Crippen LogP contribution in [-0.4, -0.2) is 50.6 Å². The third kappa shape index (κ3) is 3.72. The van der Waals surface area contributed by atoms with E-state index in [4.69, 9.17) is 30.5 Å². The van der Waals surface area contributed by atoms with Crippen molar-refractivity contribution < 1.29 is 28.5 Å². The zero-order valence-corrected chi connectivity index (χ0v) is 20.7. The number of nitrogens with zero attached hydrogens (tertiary/aromatic N) is 2. The van der Waals surface area contributed by atoms with Gasteiger partial charge < -0.3 is 18.9 Å². The number of hydrogen-bond donors (Lipinski definition) is 1. The van der Waals surface area contributed by atoms with Crippen LogP contribution >= 0.6 is 11.6 Å². The van der Waals surface area contributed by atoms with Crippen LogP contribution in [0.15, 0.2) is 48.7 Å². The molecule has 2 amide bonds. The molecule has 9 nitrogen and oxygen atoms in total. The van der Waals surface area contributed by atoms with E-state index < -0.39 is 6.09 Å². The molecule has 0 saturated carbocycles. The third-order valence-electron chi connectivity index (χ3n) is 6.35. The molecule has 1 aliphatic rings. The summed E-state index contributed by atoms with van der Waals surface area (Å²) in [6, 6.07) is 12.6. The second-order valence-corrected chi connectivity index (χ2v) is 8.30. The number of methoxy groups -OCH3 is 3. The number of hydrogen-bond acceptors (Lipinski definition) is 6. The fraction of sp³-hybridized carbons (Fsp3) is 0.231. The van der Waals surface area contributed by atoms with Gasteiger partial charge in [0.2, 0.25) is 5.75 Å². The highest BCUT2D eigenvalue weighted by Crippen LogP contribution is 2.45. The maximum absolute atomic E-state index is 13.9. The predicted octanol–water partition coefficient (Wildman–Crippen LogP) is 5.60. The van der Waals surface area contributed by atoms with E-state index in [9.17, 15) is 9.59 Å². The lowest BCUT2D eigenvalue weighted by molar-refractivity contribution is 0.180. The largest absolute Gasteiger partial charge is 0.493 e. The molecule has 5 rings (SSSR count). The summed E-state index contributed by atoms with van der Waals surface area (Å²) in [5.41, 5.74) is 2.83. The van der Waals surface area contributed by atoms with E-state index in [1.165, 1.54) is 18.8 Å². The zero-order valence-electron chi connectivity index (χ0n) is 20.0. The molecule has 0 atom stereocenters. The molecule has 0 radical (unpaired) electrons. The van der Waals surface area contributed by atoms with E-state index in [1.54, 1.807) is 30.3 Å². The van der Waals surface area contributed by atoms with Crippen LogP contribution in [0.25, 0.3) is 21.7 Å². The minimum atomic E-state index is -0.673. The molecule has 0 bridgehead atoms. The van der Waals surface area contributed by atoms with E-state index in [0.717, 1.165) is 21.7 Å². The monoisotopic (exact) mass is 509 g/mol. The lowest BCUT2D eigenvalue weighted by Crippen LogP contribution is -2.32. The molecule has 186 valence electrons. The zero-order chi connectivity index (χ0) is 25.4. The van der Waals surface area contributed by atoms with E-state index in [1.807, 2.05) is 30.3 Å². The highest BCUT2D eigenvalue weighted by molar-refractivity contribution is 6.17. The first-order valence-electron chi connectivity index (χ1n) is 11.2. The maximum Gasteiger partial charge on any atom is 0.412 e. The van der Waals surface area contributed by atoms with Crippen LogP contribution in [-0.2, 0) is 11.2 Å². The van der Waals surface area contributed by atoms with Crippen LogP contribution < -0.4 is 24.4 Å². The van der Waals surface area contributed by atoms with E-state index in [0.29, 0.717) is 47.1 Å². The van der Waals surface area contributed by atoms with Crippen molar-refractivity contribution in [1.82, 2.24) is 4.57 Å². The van der Waals surface area contributed by atoms with Gasteiger partial charge in [0.05, 0.1) is 32.7 Å². The lowest BCUT2D eigenvalue weighted by atomic mass is 10.0. The number of rotatable bonds is 5. The van der Waals surface area contributed by atoms with Gasteiger partial charge in [0.1, 0.15) is 5.52 Å². The maximum atomic E-state index is 13.9. The number of fused-ring (bicyclic) bond motifs is 4. The van der Waals surface area contributed by atoms with Gasteiger partial charge in [0, 0.05) is 23.5 Å². The molecule has 1 aromatic heterocycles. The van der Waals surface area contributed by atoms with Crippen LogP contribution in [0.5, 0.6) is 17.2 Å². The van der Waals surface area contributed by atoms with Crippen molar-refractivity contribution in [1.29, 1.82) is 0 Å². The molecule has 0 fully saturated rings. The number of carbonyl (C=O) groups excluding carboxylic acids is 2. The van der Waals surface area contributed by atoms with Crippen LogP contribution in [0.3, 0.4) is 0 Å². The molecule has 0 aliphatic carbocycles. The van der Waals surface area contributed by atoms with Gasteiger partial charge in [-0.2, -0.15) is 0 Å². The minimum absolute atomic E-state index is 0.265. The van der Waals surface area contributed by atoms with Gasteiger partial charge >= 0.3 is 12.1 Å². The number of benzene rings is 3.